The van der Waals surface area contributed by atoms with Crippen molar-refractivity contribution in [3.05, 3.63) is 41.6 Å². The highest BCUT2D eigenvalue weighted by Crippen LogP contribution is 2.27. The molecule has 1 aliphatic heterocycles. The lowest BCUT2D eigenvalue weighted by Crippen LogP contribution is -2.34. The Morgan fingerprint density at radius 1 is 1.08 bits per heavy atom. The molecule has 1 saturated heterocycles. The molecule has 0 bridgehead atoms. The fraction of sp³-hybridized carbons (Fsp3) is 0.353. The highest BCUT2D eigenvalue weighted by atomic mass is 35.5. The van der Waals surface area contributed by atoms with Crippen molar-refractivity contribution in [1.29, 1.82) is 0 Å². The van der Waals surface area contributed by atoms with Crippen LogP contribution in [-0.2, 0) is 10.0 Å². The smallest absolute Gasteiger partial charge is 0.211 e. The Bertz CT molecular complexity index is 1050. The molecule has 0 radical (unpaired) electrons. The van der Waals surface area contributed by atoms with Crippen LogP contribution in [-0.4, -0.2) is 54.5 Å². The van der Waals surface area contributed by atoms with Crippen molar-refractivity contribution in [3.8, 4) is 0 Å². The van der Waals surface area contributed by atoms with Crippen LogP contribution in [0.3, 0.4) is 0 Å². The minimum Gasteiger partial charge on any atom is -0.353 e. The Balaban J connectivity index is 1.78. The molecule has 0 amide bonds. The first-order valence-corrected chi connectivity index (χ1v) is 10.4. The molecule has 0 unspecified atom stereocenters. The summed E-state index contributed by atoms with van der Waals surface area (Å²) in [6.07, 6.45) is 4.05. The highest BCUT2D eigenvalue weighted by Gasteiger charge is 2.23. The average Bonchev–Trinajstić information content (AvgIpc) is 2.90. The number of benzene rings is 1. The quantitative estimate of drug-likeness (QED) is 0.687. The minimum absolute atomic E-state index is 0.473. The average molecular weight is 379 g/mol. The first kappa shape index (κ1) is 16.6. The van der Waals surface area contributed by atoms with E-state index in [0.29, 0.717) is 24.7 Å². The number of hydrogen-bond donors (Lipinski definition) is 0. The summed E-state index contributed by atoms with van der Waals surface area (Å²) in [7, 11) is -3.16. The number of hydrogen-bond acceptors (Lipinski definition) is 4. The topological polar surface area (TPSA) is 57.9 Å². The maximum absolute atomic E-state index is 11.8. The van der Waals surface area contributed by atoms with Gasteiger partial charge in [-0.2, -0.15) is 0 Å². The van der Waals surface area contributed by atoms with E-state index >= 15 is 0 Å². The molecule has 1 fully saturated rings. The zero-order valence-electron chi connectivity index (χ0n) is 13.9. The molecule has 25 heavy (non-hydrogen) atoms. The molecule has 0 saturated carbocycles. The Morgan fingerprint density at radius 3 is 2.72 bits per heavy atom. The van der Waals surface area contributed by atoms with Crippen LogP contribution in [0, 0.1) is 0 Å². The minimum atomic E-state index is -3.16. The molecule has 6 nitrogen and oxygen atoms in total. The largest absolute Gasteiger partial charge is 0.353 e. The monoisotopic (exact) mass is 378 g/mol. The SMILES string of the molecule is CS(=O)(=O)N1CCCN(c2nc3cc(Cl)ccc3n3cccc23)CC1. The van der Waals surface area contributed by atoms with Gasteiger partial charge in [0.05, 0.1) is 22.8 Å². The summed E-state index contributed by atoms with van der Waals surface area (Å²) in [4.78, 5) is 7.01. The summed E-state index contributed by atoms with van der Waals surface area (Å²) in [5.41, 5.74) is 2.85. The lowest BCUT2D eigenvalue weighted by molar-refractivity contribution is 0.437. The Labute approximate surface area is 151 Å². The molecule has 0 N–H and O–H groups in total. The summed E-state index contributed by atoms with van der Waals surface area (Å²) in [5.74, 6) is 0.870. The van der Waals surface area contributed by atoms with Gasteiger partial charge in [-0.1, -0.05) is 11.6 Å². The predicted molar refractivity (Wildman–Crippen MR) is 101 cm³/mol. The number of rotatable bonds is 2. The molecule has 3 aromatic rings. The zero-order chi connectivity index (χ0) is 17.6. The second kappa shape index (κ2) is 6.16. The second-order valence-corrected chi connectivity index (χ2v) is 8.75. The van der Waals surface area contributed by atoms with Crippen LogP contribution in [0.15, 0.2) is 36.5 Å². The van der Waals surface area contributed by atoms with Gasteiger partial charge < -0.3 is 9.30 Å². The predicted octanol–water partition coefficient (Wildman–Crippen LogP) is 2.61. The van der Waals surface area contributed by atoms with Crippen LogP contribution in [0.1, 0.15) is 6.42 Å². The number of nitrogens with zero attached hydrogens (tertiary/aromatic N) is 4. The number of fused-ring (bicyclic) bond motifs is 3. The van der Waals surface area contributed by atoms with E-state index < -0.39 is 10.0 Å². The van der Waals surface area contributed by atoms with Crippen LogP contribution >= 0.6 is 11.6 Å². The van der Waals surface area contributed by atoms with Crippen LogP contribution < -0.4 is 4.90 Å². The third-order valence-corrected chi connectivity index (χ3v) is 6.16. The van der Waals surface area contributed by atoms with E-state index in [4.69, 9.17) is 16.6 Å². The molecule has 0 spiro atoms. The molecule has 0 atom stereocenters. The molecule has 4 rings (SSSR count). The first-order chi connectivity index (χ1) is 11.9. The van der Waals surface area contributed by atoms with Crippen molar-refractivity contribution in [2.45, 2.75) is 6.42 Å². The lowest BCUT2D eigenvalue weighted by Gasteiger charge is -2.23. The van der Waals surface area contributed by atoms with Crippen LogP contribution in [0.5, 0.6) is 0 Å². The highest BCUT2D eigenvalue weighted by molar-refractivity contribution is 7.88. The van der Waals surface area contributed by atoms with Crippen molar-refractivity contribution in [2.24, 2.45) is 0 Å². The fourth-order valence-electron chi connectivity index (χ4n) is 3.40. The standard InChI is InChI=1S/C17H19ClN4O2S/c1-25(23,24)21-8-3-7-20(10-11-21)17-16-4-2-9-22(16)15-6-5-13(18)12-14(15)19-17/h2,4-6,9,12H,3,7-8,10-11H2,1H3. The van der Waals surface area contributed by atoms with E-state index in [1.54, 1.807) is 4.31 Å². The summed E-state index contributed by atoms with van der Waals surface area (Å²) in [6.45, 7) is 2.41. The molecule has 3 heterocycles. The van der Waals surface area contributed by atoms with E-state index in [-0.39, 0.29) is 0 Å². The van der Waals surface area contributed by atoms with Crippen molar-refractivity contribution in [3.63, 3.8) is 0 Å². The van der Waals surface area contributed by atoms with Gasteiger partial charge in [0.15, 0.2) is 5.82 Å². The number of sulfonamides is 1. The molecule has 2 aromatic heterocycles. The van der Waals surface area contributed by atoms with Gasteiger partial charge in [0, 0.05) is 37.4 Å². The Kier molecular flexibility index (Phi) is 4.10. The summed E-state index contributed by atoms with van der Waals surface area (Å²) in [5, 5.41) is 0.650. The van der Waals surface area contributed by atoms with Gasteiger partial charge in [-0.25, -0.2) is 17.7 Å². The molecular weight excluding hydrogens is 360 g/mol. The summed E-state index contributed by atoms with van der Waals surface area (Å²) < 4.78 is 27.3. The zero-order valence-corrected chi connectivity index (χ0v) is 15.5. The maximum Gasteiger partial charge on any atom is 0.211 e. The molecular formula is C17H19ClN4O2S. The van der Waals surface area contributed by atoms with Gasteiger partial charge in [-0.05, 0) is 36.8 Å². The third-order valence-electron chi connectivity index (χ3n) is 4.62. The molecule has 1 aliphatic rings. The van der Waals surface area contributed by atoms with E-state index in [2.05, 4.69) is 9.30 Å². The molecule has 0 aliphatic carbocycles. The number of anilines is 1. The van der Waals surface area contributed by atoms with E-state index in [1.165, 1.54) is 6.26 Å². The lowest BCUT2D eigenvalue weighted by atomic mass is 10.2. The number of halogens is 1. The van der Waals surface area contributed by atoms with Crippen molar-refractivity contribution in [1.82, 2.24) is 13.7 Å². The van der Waals surface area contributed by atoms with Crippen LogP contribution in [0.2, 0.25) is 5.02 Å². The second-order valence-electron chi connectivity index (χ2n) is 6.33. The van der Waals surface area contributed by atoms with Gasteiger partial charge in [0.2, 0.25) is 10.0 Å². The fourth-order valence-corrected chi connectivity index (χ4v) is 4.44. The number of aromatic nitrogens is 2. The van der Waals surface area contributed by atoms with Gasteiger partial charge in [-0.15, -0.1) is 0 Å². The van der Waals surface area contributed by atoms with Gasteiger partial charge in [0.1, 0.15) is 0 Å². The normalized spacial score (nSPS) is 17.3. The maximum atomic E-state index is 11.8. The molecule has 132 valence electrons. The Hall–Kier alpha value is -1.83. The van der Waals surface area contributed by atoms with Gasteiger partial charge >= 0.3 is 0 Å². The van der Waals surface area contributed by atoms with Crippen molar-refractivity contribution < 1.29 is 8.42 Å². The Morgan fingerprint density at radius 2 is 1.92 bits per heavy atom. The van der Waals surface area contributed by atoms with E-state index in [1.807, 2.05) is 36.5 Å². The van der Waals surface area contributed by atoms with Crippen molar-refractivity contribution >= 4 is 44.0 Å². The van der Waals surface area contributed by atoms with Crippen LogP contribution in [0.25, 0.3) is 16.6 Å². The van der Waals surface area contributed by atoms with Gasteiger partial charge in [-0.3, -0.25) is 0 Å². The summed E-state index contributed by atoms with van der Waals surface area (Å²) >= 11 is 6.14. The van der Waals surface area contributed by atoms with Crippen molar-refractivity contribution in [2.75, 3.05) is 37.3 Å². The van der Waals surface area contributed by atoms with E-state index in [0.717, 1.165) is 35.3 Å². The van der Waals surface area contributed by atoms with Crippen LogP contribution in [0.4, 0.5) is 5.82 Å². The van der Waals surface area contributed by atoms with Gasteiger partial charge in [0.25, 0.3) is 0 Å². The van der Waals surface area contributed by atoms with E-state index in [9.17, 15) is 8.42 Å². The summed E-state index contributed by atoms with van der Waals surface area (Å²) in [6, 6.07) is 9.72. The molecule has 8 heteroatoms. The third kappa shape index (κ3) is 3.07. The first-order valence-electron chi connectivity index (χ1n) is 8.20. The molecule has 1 aromatic carbocycles.